The molecule has 1 unspecified atom stereocenters. The van der Waals surface area contributed by atoms with E-state index in [1.807, 2.05) is 45.2 Å². The number of rotatable bonds is 3. The molecule has 20 heavy (non-hydrogen) atoms. The Balaban J connectivity index is 2.55. The van der Waals surface area contributed by atoms with Gasteiger partial charge < -0.3 is 5.32 Å². The van der Waals surface area contributed by atoms with Crippen molar-refractivity contribution in [2.75, 3.05) is 7.05 Å². The second kappa shape index (κ2) is 6.25. The first-order chi connectivity index (χ1) is 9.43. The molecule has 0 heterocycles. The summed E-state index contributed by atoms with van der Waals surface area (Å²) in [6.45, 7) is 3.83. The van der Waals surface area contributed by atoms with E-state index in [2.05, 4.69) is 21.2 Å². The molecule has 2 aromatic rings. The first kappa shape index (κ1) is 15.5. The molecule has 106 valence electrons. The topological polar surface area (TPSA) is 12.0 Å². The third kappa shape index (κ3) is 3.05. The van der Waals surface area contributed by atoms with Crippen LogP contribution in [0.1, 0.15) is 28.3 Å². The molecule has 0 radical (unpaired) electrons. The Morgan fingerprint density at radius 1 is 1.20 bits per heavy atom. The van der Waals surface area contributed by atoms with Crippen LogP contribution in [0.5, 0.6) is 0 Å². The van der Waals surface area contributed by atoms with Gasteiger partial charge in [0, 0.05) is 10.0 Å². The molecule has 2 aromatic carbocycles. The van der Waals surface area contributed by atoms with Crippen molar-refractivity contribution in [3.8, 4) is 0 Å². The van der Waals surface area contributed by atoms with Crippen molar-refractivity contribution in [2.45, 2.75) is 19.9 Å². The maximum Gasteiger partial charge on any atom is 0.128 e. The van der Waals surface area contributed by atoms with Gasteiger partial charge in [-0.15, -0.1) is 0 Å². The zero-order chi connectivity index (χ0) is 14.9. The van der Waals surface area contributed by atoms with Crippen LogP contribution in [-0.2, 0) is 0 Å². The van der Waals surface area contributed by atoms with Gasteiger partial charge in [0.2, 0.25) is 0 Å². The lowest BCUT2D eigenvalue weighted by Crippen LogP contribution is -2.20. The maximum atomic E-state index is 14.3. The molecular weight excluding hydrogens is 341 g/mol. The van der Waals surface area contributed by atoms with E-state index in [0.717, 1.165) is 21.2 Å². The van der Waals surface area contributed by atoms with E-state index in [9.17, 15) is 4.39 Å². The zero-order valence-electron chi connectivity index (χ0n) is 11.6. The van der Waals surface area contributed by atoms with Crippen molar-refractivity contribution >= 4 is 27.5 Å². The highest BCUT2D eigenvalue weighted by Gasteiger charge is 2.19. The van der Waals surface area contributed by atoms with Gasteiger partial charge in [-0.3, -0.25) is 0 Å². The van der Waals surface area contributed by atoms with E-state index in [1.54, 1.807) is 6.07 Å². The van der Waals surface area contributed by atoms with Gasteiger partial charge >= 0.3 is 0 Å². The van der Waals surface area contributed by atoms with Crippen molar-refractivity contribution in [3.63, 3.8) is 0 Å². The van der Waals surface area contributed by atoms with Crippen molar-refractivity contribution in [1.29, 1.82) is 0 Å². The van der Waals surface area contributed by atoms with E-state index >= 15 is 0 Å². The minimum absolute atomic E-state index is 0.187. The van der Waals surface area contributed by atoms with Crippen LogP contribution < -0.4 is 5.32 Å². The fraction of sp³-hybridized carbons (Fsp3) is 0.250. The average Bonchev–Trinajstić information content (AvgIpc) is 2.37. The van der Waals surface area contributed by atoms with Crippen LogP contribution in [-0.4, -0.2) is 7.05 Å². The van der Waals surface area contributed by atoms with E-state index in [4.69, 9.17) is 11.6 Å². The quantitative estimate of drug-likeness (QED) is 0.800. The Hall–Kier alpha value is -0.900. The lowest BCUT2D eigenvalue weighted by Gasteiger charge is -2.21. The van der Waals surface area contributed by atoms with Crippen molar-refractivity contribution in [1.82, 2.24) is 5.32 Å². The lowest BCUT2D eigenvalue weighted by molar-refractivity contribution is 0.572. The smallest absolute Gasteiger partial charge is 0.128 e. The molecule has 0 saturated heterocycles. The SMILES string of the molecule is CNC(c1ccc(Cl)c(Br)c1)c1c(C)cc(C)cc1F. The van der Waals surface area contributed by atoms with Crippen LogP contribution in [0.3, 0.4) is 0 Å². The Morgan fingerprint density at radius 2 is 1.90 bits per heavy atom. The normalized spacial score (nSPS) is 12.5. The zero-order valence-corrected chi connectivity index (χ0v) is 13.9. The summed E-state index contributed by atoms with van der Waals surface area (Å²) in [5, 5.41) is 3.82. The summed E-state index contributed by atoms with van der Waals surface area (Å²) in [6.07, 6.45) is 0. The Kier molecular flexibility index (Phi) is 4.84. The molecule has 1 nitrogen and oxygen atoms in total. The highest BCUT2D eigenvalue weighted by Crippen LogP contribution is 2.32. The Morgan fingerprint density at radius 3 is 2.45 bits per heavy atom. The Labute approximate surface area is 132 Å². The van der Waals surface area contributed by atoms with Crippen LogP contribution >= 0.6 is 27.5 Å². The molecule has 0 aliphatic heterocycles. The third-order valence-electron chi connectivity index (χ3n) is 3.34. The number of hydrogen-bond donors (Lipinski definition) is 1. The summed E-state index contributed by atoms with van der Waals surface area (Å²) in [5.74, 6) is -0.187. The predicted octanol–water partition coefficient (Wildman–Crippen LogP) is 5.17. The first-order valence-electron chi connectivity index (χ1n) is 6.33. The molecule has 1 atom stereocenters. The molecule has 0 aliphatic carbocycles. The van der Waals surface area contributed by atoms with Crippen molar-refractivity contribution < 1.29 is 4.39 Å². The third-order valence-corrected chi connectivity index (χ3v) is 4.55. The number of benzene rings is 2. The van der Waals surface area contributed by atoms with Crippen LogP contribution in [0.15, 0.2) is 34.8 Å². The highest BCUT2D eigenvalue weighted by molar-refractivity contribution is 9.10. The molecule has 4 heteroatoms. The second-order valence-electron chi connectivity index (χ2n) is 4.87. The summed E-state index contributed by atoms with van der Waals surface area (Å²) in [7, 11) is 1.83. The van der Waals surface area contributed by atoms with E-state index in [1.165, 1.54) is 0 Å². The number of hydrogen-bond acceptors (Lipinski definition) is 1. The summed E-state index contributed by atoms with van der Waals surface area (Å²) in [6, 6.07) is 9.00. The molecule has 0 aliphatic rings. The molecule has 2 rings (SSSR count). The van der Waals surface area contributed by atoms with Gasteiger partial charge in [-0.1, -0.05) is 23.7 Å². The number of halogens is 3. The summed E-state index contributed by atoms with van der Waals surface area (Å²) in [4.78, 5) is 0. The lowest BCUT2D eigenvalue weighted by atomic mass is 9.93. The summed E-state index contributed by atoms with van der Waals surface area (Å²) in [5.41, 5.74) is 3.51. The van der Waals surface area contributed by atoms with E-state index < -0.39 is 0 Å². The van der Waals surface area contributed by atoms with Gasteiger partial charge in [0.25, 0.3) is 0 Å². The van der Waals surface area contributed by atoms with Crippen LogP contribution in [0.25, 0.3) is 0 Å². The van der Waals surface area contributed by atoms with Crippen LogP contribution in [0, 0.1) is 19.7 Å². The molecule has 0 aromatic heterocycles. The summed E-state index contributed by atoms with van der Waals surface area (Å²) < 4.78 is 15.1. The van der Waals surface area contributed by atoms with Crippen molar-refractivity contribution in [2.24, 2.45) is 0 Å². The molecule has 0 fully saturated rings. The summed E-state index contributed by atoms with van der Waals surface area (Å²) >= 11 is 9.43. The minimum Gasteiger partial charge on any atom is -0.309 e. The largest absolute Gasteiger partial charge is 0.309 e. The van der Waals surface area contributed by atoms with Gasteiger partial charge in [0.1, 0.15) is 5.82 Å². The molecule has 0 spiro atoms. The van der Waals surface area contributed by atoms with Gasteiger partial charge in [0.15, 0.2) is 0 Å². The molecule has 0 bridgehead atoms. The molecule has 1 N–H and O–H groups in total. The Bertz CT molecular complexity index is 619. The monoisotopic (exact) mass is 355 g/mol. The predicted molar refractivity (Wildman–Crippen MR) is 85.9 cm³/mol. The first-order valence-corrected chi connectivity index (χ1v) is 7.50. The average molecular weight is 357 g/mol. The fourth-order valence-corrected chi connectivity index (χ4v) is 2.98. The molecular formula is C16H16BrClFN. The standard InChI is InChI=1S/C16H16BrClFN/c1-9-6-10(2)15(14(19)7-9)16(20-3)11-4-5-13(18)12(17)8-11/h4-8,16,20H,1-3H3. The van der Waals surface area contributed by atoms with E-state index in [-0.39, 0.29) is 11.9 Å². The van der Waals surface area contributed by atoms with Gasteiger partial charge in [0.05, 0.1) is 11.1 Å². The minimum atomic E-state index is -0.204. The van der Waals surface area contributed by atoms with Crippen molar-refractivity contribution in [3.05, 3.63) is 67.9 Å². The number of nitrogens with one attached hydrogen (secondary N) is 1. The van der Waals surface area contributed by atoms with Gasteiger partial charge in [-0.25, -0.2) is 4.39 Å². The fourth-order valence-electron chi connectivity index (χ4n) is 2.46. The van der Waals surface area contributed by atoms with E-state index in [0.29, 0.717) is 10.6 Å². The number of aryl methyl sites for hydroxylation is 2. The van der Waals surface area contributed by atoms with Crippen LogP contribution in [0.2, 0.25) is 5.02 Å². The highest BCUT2D eigenvalue weighted by atomic mass is 79.9. The molecule has 0 saturated carbocycles. The van der Waals surface area contributed by atoms with Gasteiger partial charge in [-0.05, 0) is 71.7 Å². The van der Waals surface area contributed by atoms with Gasteiger partial charge in [-0.2, -0.15) is 0 Å². The second-order valence-corrected chi connectivity index (χ2v) is 6.13. The van der Waals surface area contributed by atoms with Crippen LogP contribution in [0.4, 0.5) is 4.39 Å². The maximum absolute atomic E-state index is 14.3. The molecule has 0 amide bonds.